The Morgan fingerprint density at radius 1 is 1.03 bits per heavy atom. The maximum absolute atomic E-state index is 13.4. The molecule has 0 saturated heterocycles. The second-order valence-electron chi connectivity index (χ2n) is 7.67. The highest BCUT2D eigenvalue weighted by molar-refractivity contribution is 8.04. The van der Waals surface area contributed by atoms with Crippen LogP contribution in [-0.2, 0) is 9.59 Å². The van der Waals surface area contributed by atoms with Gasteiger partial charge in [-0.1, -0.05) is 38.1 Å². The van der Waals surface area contributed by atoms with Gasteiger partial charge in [0.1, 0.15) is 5.75 Å². The first-order valence-corrected chi connectivity index (χ1v) is 11.0. The van der Waals surface area contributed by atoms with Crippen LogP contribution >= 0.6 is 11.8 Å². The van der Waals surface area contributed by atoms with Gasteiger partial charge in [0.2, 0.25) is 0 Å². The minimum Gasteiger partial charge on any atom is -0.493 e. The van der Waals surface area contributed by atoms with Crippen LogP contribution in [0.1, 0.15) is 30.5 Å². The largest absolute Gasteiger partial charge is 0.493 e. The zero-order chi connectivity index (χ0) is 21.8. The van der Waals surface area contributed by atoms with Crippen molar-refractivity contribution < 1.29 is 19.4 Å². The molecular weight excluding hydrogens is 398 g/mol. The van der Waals surface area contributed by atoms with Crippen LogP contribution in [0.2, 0.25) is 0 Å². The van der Waals surface area contributed by atoms with Gasteiger partial charge >= 0.3 is 0 Å². The van der Waals surface area contributed by atoms with Crippen molar-refractivity contribution in [3.05, 3.63) is 64.1 Å². The summed E-state index contributed by atoms with van der Waals surface area (Å²) in [7, 11) is 0. The zero-order valence-electron chi connectivity index (χ0n) is 17.8. The van der Waals surface area contributed by atoms with Gasteiger partial charge in [-0.25, -0.2) is 4.90 Å². The fraction of sp³-hybridized carbons (Fsp3) is 0.333. The number of benzene rings is 2. The Bertz CT molecular complexity index is 979. The van der Waals surface area contributed by atoms with Crippen LogP contribution in [0.15, 0.2) is 47.4 Å². The van der Waals surface area contributed by atoms with E-state index in [1.807, 2.05) is 50.2 Å². The molecular formula is C24H27NO4S. The van der Waals surface area contributed by atoms with Gasteiger partial charge in [-0.2, -0.15) is 0 Å². The van der Waals surface area contributed by atoms with E-state index >= 15 is 0 Å². The van der Waals surface area contributed by atoms with E-state index in [9.17, 15) is 14.7 Å². The first kappa shape index (κ1) is 22.1. The Kier molecular flexibility index (Phi) is 7.00. The number of aryl methyl sites for hydroxylation is 1. The number of ether oxygens (including phenoxy) is 1. The molecule has 0 fully saturated rings. The van der Waals surface area contributed by atoms with Gasteiger partial charge in [0, 0.05) is 5.75 Å². The third-order valence-corrected chi connectivity index (χ3v) is 5.98. The second-order valence-corrected chi connectivity index (χ2v) is 8.78. The molecule has 158 valence electrons. The molecule has 1 aliphatic heterocycles. The lowest BCUT2D eigenvalue weighted by Gasteiger charge is -2.19. The Morgan fingerprint density at radius 2 is 1.73 bits per heavy atom. The number of carbonyl (C=O) groups is 2. The molecule has 1 N–H and O–H groups in total. The van der Waals surface area contributed by atoms with Gasteiger partial charge in [-0.05, 0) is 54.7 Å². The number of imide groups is 1. The van der Waals surface area contributed by atoms with Crippen LogP contribution in [0.3, 0.4) is 0 Å². The van der Waals surface area contributed by atoms with Crippen molar-refractivity contribution >= 4 is 34.8 Å². The molecule has 2 aromatic carbocycles. The molecule has 0 spiro atoms. The molecule has 0 saturated carbocycles. The molecule has 0 bridgehead atoms. The van der Waals surface area contributed by atoms with Gasteiger partial charge < -0.3 is 9.84 Å². The summed E-state index contributed by atoms with van der Waals surface area (Å²) in [6.07, 6.45) is 0. The normalized spacial score (nSPS) is 14.3. The van der Waals surface area contributed by atoms with Crippen LogP contribution in [0, 0.1) is 19.8 Å². The fourth-order valence-corrected chi connectivity index (χ4v) is 4.08. The van der Waals surface area contributed by atoms with Gasteiger partial charge in [0.05, 0.1) is 29.4 Å². The first-order valence-electron chi connectivity index (χ1n) is 10.0. The average molecular weight is 426 g/mol. The number of aliphatic hydroxyl groups is 1. The smallest absolute Gasteiger partial charge is 0.272 e. The third-order valence-electron chi connectivity index (χ3n) is 4.92. The van der Waals surface area contributed by atoms with Crippen LogP contribution in [0.4, 0.5) is 5.69 Å². The molecule has 1 heterocycles. The highest BCUT2D eigenvalue weighted by Crippen LogP contribution is 2.39. The van der Waals surface area contributed by atoms with Crippen LogP contribution in [0.5, 0.6) is 5.75 Å². The van der Waals surface area contributed by atoms with E-state index < -0.39 is 0 Å². The van der Waals surface area contributed by atoms with Crippen molar-refractivity contribution in [1.29, 1.82) is 0 Å². The lowest BCUT2D eigenvalue weighted by molar-refractivity contribution is -0.119. The minimum absolute atomic E-state index is 0.0750. The second kappa shape index (κ2) is 9.49. The van der Waals surface area contributed by atoms with E-state index in [0.717, 1.165) is 16.9 Å². The van der Waals surface area contributed by atoms with E-state index in [4.69, 9.17) is 4.74 Å². The summed E-state index contributed by atoms with van der Waals surface area (Å²) in [4.78, 5) is 28.2. The molecule has 0 aromatic heterocycles. The highest BCUT2D eigenvalue weighted by Gasteiger charge is 2.40. The molecule has 0 atom stereocenters. The third kappa shape index (κ3) is 4.45. The molecule has 2 aromatic rings. The number of aliphatic hydroxyl groups excluding tert-OH is 1. The molecule has 30 heavy (non-hydrogen) atoms. The summed E-state index contributed by atoms with van der Waals surface area (Å²) in [6.45, 7) is 8.55. The van der Waals surface area contributed by atoms with Crippen LogP contribution < -0.4 is 9.64 Å². The van der Waals surface area contributed by atoms with Gasteiger partial charge in [0.15, 0.2) is 0 Å². The van der Waals surface area contributed by atoms with Crippen molar-refractivity contribution in [2.45, 2.75) is 27.7 Å². The highest BCUT2D eigenvalue weighted by atomic mass is 32.2. The van der Waals surface area contributed by atoms with E-state index in [1.54, 1.807) is 6.07 Å². The maximum Gasteiger partial charge on any atom is 0.272 e. The summed E-state index contributed by atoms with van der Waals surface area (Å²) >= 11 is 1.21. The number of amides is 2. The summed E-state index contributed by atoms with van der Waals surface area (Å²) < 4.78 is 5.73. The molecule has 3 rings (SSSR count). The van der Waals surface area contributed by atoms with Crippen molar-refractivity contribution in [1.82, 2.24) is 0 Å². The Labute approximate surface area is 181 Å². The Balaban J connectivity index is 1.99. The summed E-state index contributed by atoms with van der Waals surface area (Å²) in [5.74, 6) is 0.788. The molecule has 2 amide bonds. The van der Waals surface area contributed by atoms with Crippen LogP contribution in [0.25, 0.3) is 5.57 Å². The van der Waals surface area contributed by atoms with E-state index in [1.165, 1.54) is 16.7 Å². The number of nitrogens with zero attached hydrogens (tertiary/aromatic N) is 1. The van der Waals surface area contributed by atoms with E-state index in [-0.39, 0.29) is 18.4 Å². The SMILES string of the molecule is Cc1cccc(N2C(=O)C(SCCO)=C(c3ccc(OCC(C)C)cc3)C2=O)c1C. The first-order chi connectivity index (χ1) is 14.3. The van der Waals surface area contributed by atoms with Crippen molar-refractivity contribution in [3.63, 3.8) is 0 Å². The minimum atomic E-state index is -0.345. The lowest BCUT2D eigenvalue weighted by Crippen LogP contribution is -2.32. The predicted octanol–water partition coefficient (Wildman–Crippen LogP) is 4.35. The number of carbonyl (C=O) groups excluding carboxylic acids is 2. The number of hydrogen-bond donors (Lipinski definition) is 1. The van der Waals surface area contributed by atoms with Crippen molar-refractivity contribution in [2.75, 3.05) is 23.9 Å². The molecule has 5 nitrogen and oxygen atoms in total. The number of anilines is 1. The molecule has 1 aliphatic rings. The topological polar surface area (TPSA) is 66.8 Å². The van der Waals surface area contributed by atoms with Crippen LogP contribution in [-0.4, -0.2) is 35.9 Å². The molecule has 0 unspecified atom stereocenters. The van der Waals surface area contributed by atoms with E-state index in [2.05, 4.69) is 13.8 Å². The Hall–Kier alpha value is -2.57. The van der Waals surface area contributed by atoms with Gasteiger partial charge in [0.25, 0.3) is 11.8 Å². The average Bonchev–Trinajstić information content (AvgIpc) is 2.97. The number of rotatable bonds is 8. The number of thioether (sulfide) groups is 1. The summed E-state index contributed by atoms with van der Waals surface area (Å²) in [5.41, 5.74) is 3.54. The predicted molar refractivity (Wildman–Crippen MR) is 122 cm³/mol. The zero-order valence-corrected chi connectivity index (χ0v) is 18.6. The van der Waals surface area contributed by atoms with Gasteiger partial charge in [-0.15, -0.1) is 11.8 Å². The lowest BCUT2D eigenvalue weighted by atomic mass is 10.1. The van der Waals surface area contributed by atoms with E-state index in [0.29, 0.717) is 40.0 Å². The maximum atomic E-state index is 13.4. The molecule has 6 heteroatoms. The summed E-state index contributed by atoms with van der Waals surface area (Å²) in [5, 5.41) is 9.27. The molecule has 0 aliphatic carbocycles. The van der Waals surface area contributed by atoms with Gasteiger partial charge in [-0.3, -0.25) is 9.59 Å². The monoisotopic (exact) mass is 425 g/mol. The van der Waals surface area contributed by atoms with Crippen molar-refractivity contribution in [3.8, 4) is 5.75 Å². The number of hydrogen-bond acceptors (Lipinski definition) is 5. The Morgan fingerprint density at radius 3 is 2.37 bits per heavy atom. The fourth-order valence-electron chi connectivity index (χ4n) is 3.22. The van der Waals surface area contributed by atoms with Crippen molar-refractivity contribution in [2.24, 2.45) is 5.92 Å². The summed E-state index contributed by atoms with van der Waals surface area (Å²) in [6, 6.07) is 12.8. The quantitative estimate of drug-likeness (QED) is 0.637. The standard InChI is InChI=1S/C24H27NO4S/c1-15(2)14-29-19-10-8-18(9-11-19)21-22(30-13-12-26)24(28)25(23(21)27)20-7-5-6-16(3)17(20)4/h5-11,15,26H,12-14H2,1-4H3. The molecule has 0 radical (unpaired) electrons.